The Morgan fingerprint density at radius 1 is 0.966 bits per heavy atom. The Balaban J connectivity index is 1.84. The number of nitriles is 1. The first kappa shape index (κ1) is 19.0. The molecule has 0 spiro atoms. The number of sulfonamides is 1. The molecular formula is C21H14ClN3O3S. The predicted molar refractivity (Wildman–Crippen MR) is 110 cm³/mol. The van der Waals surface area contributed by atoms with Crippen LogP contribution in [0.2, 0.25) is 5.02 Å². The summed E-state index contributed by atoms with van der Waals surface area (Å²) in [7, 11) is -4.10. The number of fused-ring (bicyclic) bond motifs is 1. The minimum absolute atomic E-state index is 0.0354. The van der Waals surface area contributed by atoms with Crippen LogP contribution >= 0.6 is 11.6 Å². The predicted octanol–water partition coefficient (Wildman–Crippen LogP) is 4.55. The third-order valence-electron chi connectivity index (χ3n) is 4.55. The van der Waals surface area contributed by atoms with Crippen LogP contribution < -0.4 is 9.21 Å². The lowest BCUT2D eigenvalue weighted by molar-refractivity contribution is 0.253. The van der Waals surface area contributed by atoms with Crippen LogP contribution in [0.1, 0.15) is 11.1 Å². The van der Waals surface area contributed by atoms with Crippen molar-refractivity contribution in [3.05, 3.63) is 88.9 Å². The van der Waals surface area contributed by atoms with Gasteiger partial charge in [-0.1, -0.05) is 41.9 Å². The number of carbonyl (C=O) groups excluding carboxylic acids is 1. The summed E-state index contributed by atoms with van der Waals surface area (Å²) in [4.78, 5) is 14.8. The maximum Gasteiger partial charge on any atom is 0.343 e. The van der Waals surface area contributed by atoms with Crippen LogP contribution in [-0.2, 0) is 16.6 Å². The Kier molecular flexibility index (Phi) is 4.74. The molecule has 144 valence electrons. The van der Waals surface area contributed by atoms with Gasteiger partial charge in [0.15, 0.2) is 0 Å². The quantitative estimate of drug-likeness (QED) is 0.619. The van der Waals surface area contributed by atoms with E-state index in [0.29, 0.717) is 16.3 Å². The minimum atomic E-state index is -4.10. The lowest BCUT2D eigenvalue weighted by Crippen LogP contribution is -2.50. The van der Waals surface area contributed by atoms with E-state index in [-0.39, 0.29) is 17.1 Å². The standard InChI is InChI=1S/C21H14ClN3O3S/c22-17-4-3-5-18(12-17)25-21(26)24(14-16-10-8-15(13-23)9-11-16)19-6-1-2-7-20(19)29(25,27)28/h1-12H,14H2. The monoisotopic (exact) mass is 423 g/mol. The van der Waals surface area contributed by atoms with Crippen LogP contribution in [-0.4, -0.2) is 14.4 Å². The van der Waals surface area contributed by atoms with Crippen molar-refractivity contribution >= 4 is 39.0 Å². The third kappa shape index (κ3) is 3.33. The number of urea groups is 1. The molecule has 3 aromatic rings. The zero-order chi connectivity index (χ0) is 20.6. The molecule has 0 saturated carbocycles. The molecular weight excluding hydrogens is 410 g/mol. The van der Waals surface area contributed by atoms with Gasteiger partial charge in [-0.3, -0.25) is 4.90 Å². The summed E-state index contributed by atoms with van der Waals surface area (Å²) in [5.41, 5.74) is 1.74. The molecule has 3 aromatic carbocycles. The molecule has 1 aliphatic heterocycles. The van der Waals surface area contributed by atoms with Gasteiger partial charge in [-0.25, -0.2) is 13.2 Å². The number of anilines is 2. The molecule has 1 aliphatic rings. The number of carbonyl (C=O) groups is 1. The Morgan fingerprint density at radius 3 is 2.38 bits per heavy atom. The molecule has 0 fully saturated rings. The number of hydrogen-bond acceptors (Lipinski definition) is 4. The summed E-state index contributed by atoms with van der Waals surface area (Å²) in [6.07, 6.45) is 0. The Morgan fingerprint density at radius 2 is 1.69 bits per heavy atom. The molecule has 6 nitrogen and oxygen atoms in total. The number of rotatable bonds is 3. The molecule has 0 N–H and O–H groups in total. The van der Waals surface area contributed by atoms with Crippen molar-refractivity contribution in [2.45, 2.75) is 11.4 Å². The fraction of sp³-hybridized carbons (Fsp3) is 0.0476. The number of halogens is 1. The SMILES string of the molecule is N#Cc1ccc(CN2C(=O)N(c3cccc(Cl)c3)S(=O)(=O)c3ccccc32)cc1. The summed E-state index contributed by atoms with van der Waals surface area (Å²) in [6, 6.07) is 20.7. The van der Waals surface area contributed by atoms with Crippen LogP contribution in [0.25, 0.3) is 0 Å². The third-order valence-corrected chi connectivity index (χ3v) is 6.53. The normalized spacial score (nSPS) is 15.0. The van der Waals surface area contributed by atoms with E-state index in [2.05, 4.69) is 0 Å². The van der Waals surface area contributed by atoms with Crippen molar-refractivity contribution in [3.8, 4) is 6.07 Å². The number of benzene rings is 3. The Bertz CT molecular complexity index is 1250. The average molecular weight is 424 g/mol. The second-order valence-electron chi connectivity index (χ2n) is 6.39. The summed E-state index contributed by atoms with van der Waals surface area (Å²) >= 11 is 6.03. The molecule has 0 saturated heterocycles. The molecule has 2 amide bonds. The maximum atomic E-state index is 13.3. The van der Waals surface area contributed by atoms with Gasteiger partial charge in [-0.15, -0.1) is 0 Å². The maximum absolute atomic E-state index is 13.3. The van der Waals surface area contributed by atoms with E-state index < -0.39 is 16.1 Å². The summed E-state index contributed by atoms with van der Waals surface area (Å²) in [5.74, 6) is 0. The molecule has 29 heavy (non-hydrogen) atoms. The van der Waals surface area contributed by atoms with Crippen LogP contribution in [0.3, 0.4) is 0 Å². The van der Waals surface area contributed by atoms with E-state index in [4.69, 9.17) is 16.9 Å². The van der Waals surface area contributed by atoms with Crippen molar-refractivity contribution in [3.63, 3.8) is 0 Å². The van der Waals surface area contributed by atoms with E-state index in [0.717, 1.165) is 9.87 Å². The summed E-state index contributed by atoms with van der Waals surface area (Å²) < 4.78 is 27.2. The topological polar surface area (TPSA) is 81.5 Å². The first-order valence-corrected chi connectivity index (χ1v) is 10.4. The molecule has 0 bridgehead atoms. The Hall–Kier alpha value is -3.34. The lowest BCUT2D eigenvalue weighted by atomic mass is 10.1. The van der Waals surface area contributed by atoms with Gasteiger partial charge in [0, 0.05) is 5.02 Å². The first-order valence-electron chi connectivity index (χ1n) is 8.62. The van der Waals surface area contributed by atoms with E-state index in [9.17, 15) is 13.2 Å². The molecule has 0 unspecified atom stereocenters. The van der Waals surface area contributed by atoms with Gasteiger partial charge in [0.25, 0.3) is 10.0 Å². The van der Waals surface area contributed by atoms with E-state index in [1.165, 1.54) is 23.1 Å². The van der Waals surface area contributed by atoms with Crippen LogP contribution in [0.15, 0.2) is 77.7 Å². The molecule has 0 aromatic heterocycles. The molecule has 0 atom stereocenters. The molecule has 4 rings (SSSR count). The number of para-hydroxylation sites is 1. The number of hydrogen-bond donors (Lipinski definition) is 0. The van der Waals surface area contributed by atoms with E-state index >= 15 is 0 Å². The van der Waals surface area contributed by atoms with Crippen molar-refractivity contribution in [1.29, 1.82) is 5.26 Å². The van der Waals surface area contributed by atoms with Crippen molar-refractivity contribution < 1.29 is 13.2 Å². The highest BCUT2D eigenvalue weighted by Gasteiger charge is 2.42. The highest BCUT2D eigenvalue weighted by molar-refractivity contribution is 7.94. The second-order valence-corrected chi connectivity index (χ2v) is 8.59. The average Bonchev–Trinajstić information content (AvgIpc) is 2.71. The van der Waals surface area contributed by atoms with Gasteiger partial charge >= 0.3 is 6.03 Å². The zero-order valence-corrected chi connectivity index (χ0v) is 16.6. The van der Waals surface area contributed by atoms with Gasteiger partial charge in [0.1, 0.15) is 4.90 Å². The smallest absolute Gasteiger partial charge is 0.287 e. The summed E-state index contributed by atoms with van der Waals surface area (Å²) in [5, 5.41) is 9.29. The van der Waals surface area contributed by atoms with Crippen LogP contribution in [0.5, 0.6) is 0 Å². The van der Waals surface area contributed by atoms with Crippen LogP contribution in [0.4, 0.5) is 16.2 Å². The van der Waals surface area contributed by atoms with Crippen molar-refractivity contribution in [2.75, 3.05) is 9.21 Å². The van der Waals surface area contributed by atoms with Crippen molar-refractivity contribution in [2.24, 2.45) is 0 Å². The number of amides is 2. The Labute approximate surface area is 173 Å². The molecule has 8 heteroatoms. The molecule has 0 aliphatic carbocycles. The first-order chi connectivity index (χ1) is 13.9. The van der Waals surface area contributed by atoms with Crippen molar-refractivity contribution in [1.82, 2.24) is 0 Å². The largest absolute Gasteiger partial charge is 0.343 e. The van der Waals surface area contributed by atoms with Gasteiger partial charge in [0.2, 0.25) is 0 Å². The van der Waals surface area contributed by atoms with Gasteiger partial charge < -0.3 is 0 Å². The van der Waals surface area contributed by atoms with Gasteiger partial charge in [0.05, 0.1) is 29.6 Å². The molecule has 1 heterocycles. The lowest BCUT2D eigenvalue weighted by Gasteiger charge is -2.36. The minimum Gasteiger partial charge on any atom is -0.287 e. The van der Waals surface area contributed by atoms with Crippen LogP contribution in [0, 0.1) is 11.3 Å². The number of nitrogens with zero attached hydrogens (tertiary/aromatic N) is 3. The summed E-state index contributed by atoms with van der Waals surface area (Å²) in [6.45, 7) is 0.147. The second kappa shape index (κ2) is 7.24. The van der Waals surface area contributed by atoms with Gasteiger partial charge in [-0.2, -0.15) is 9.57 Å². The zero-order valence-electron chi connectivity index (χ0n) is 15.0. The van der Waals surface area contributed by atoms with Gasteiger partial charge in [-0.05, 0) is 48.0 Å². The fourth-order valence-corrected chi connectivity index (χ4v) is 4.95. The molecule has 0 radical (unpaired) electrons. The van der Waals surface area contributed by atoms with E-state index in [1.807, 2.05) is 6.07 Å². The van der Waals surface area contributed by atoms with E-state index in [1.54, 1.807) is 54.6 Å². The fourth-order valence-electron chi connectivity index (χ4n) is 3.18. The highest BCUT2D eigenvalue weighted by Crippen LogP contribution is 2.38. The highest BCUT2D eigenvalue weighted by atomic mass is 35.5.